The Morgan fingerprint density at radius 2 is 2.33 bits per heavy atom. The van der Waals surface area contributed by atoms with Gasteiger partial charge >= 0.3 is 0 Å². The van der Waals surface area contributed by atoms with Crippen LogP contribution >= 0.6 is 0 Å². The molecule has 1 aliphatic carbocycles. The van der Waals surface area contributed by atoms with Crippen molar-refractivity contribution in [2.24, 2.45) is 5.41 Å². The number of pyridine rings is 1. The first-order valence-corrected chi connectivity index (χ1v) is 7.61. The third kappa shape index (κ3) is 2.77. The van der Waals surface area contributed by atoms with Crippen LogP contribution in [0.25, 0.3) is 0 Å². The average molecular weight is 287 g/mol. The maximum Gasteiger partial charge on any atom is 0.251 e. The molecule has 0 unspecified atom stereocenters. The monoisotopic (exact) mass is 287 g/mol. The lowest BCUT2D eigenvalue weighted by Gasteiger charge is -2.36. The molecule has 1 aliphatic heterocycles. The van der Waals surface area contributed by atoms with Gasteiger partial charge in [-0.2, -0.15) is 0 Å². The SMILES string of the molecule is Cc1cc(C(=O)N[C@H]2CCC[C@]3(CCNC3=O)C2)ccn1. The fourth-order valence-corrected chi connectivity index (χ4v) is 3.59. The number of aromatic nitrogens is 1. The molecule has 2 fully saturated rings. The number of hydrogen-bond donors (Lipinski definition) is 2. The summed E-state index contributed by atoms with van der Waals surface area (Å²) in [6, 6.07) is 3.60. The van der Waals surface area contributed by atoms with Gasteiger partial charge in [0, 0.05) is 30.0 Å². The van der Waals surface area contributed by atoms with Crippen LogP contribution < -0.4 is 10.6 Å². The molecule has 5 nitrogen and oxygen atoms in total. The van der Waals surface area contributed by atoms with Gasteiger partial charge < -0.3 is 10.6 Å². The third-order valence-corrected chi connectivity index (χ3v) is 4.71. The van der Waals surface area contributed by atoms with E-state index >= 15 is 0 Å². The number of nitrogens with one attached hydrogen (secondary N) is 2. The summed E-state index contributed by atoms with van der Waals surface area (Å²) in [5, 5.41) is 6.02. The van der Waals surface area contributed by atoms with Crippen LogP contribution in [-0.4, -0.2) is 29.4 Å². The zero-order valence-electron chi connectivity index (χ0n) is 12.3. The zero-order chi connectivity index (χ0) is 14.9. The van der Waals surface area contributed by atoms with Crippen molar-refractivity contribution in [2.75, 3.05) is 6.54 Å². The van der Waals surface area contributed by atoms with Crippen LogP contribution in [0.1, 0.15) is 48.2 Å². The highest BCUT2D eigenvalue weighted by molar-refractivity contribution is 5.94. The first kappa shape index (κ1) is 14.0. The number of nitrogens with zero attached hydrogens (tertiary/aromatic N) is 1. The van der Waals surface area contributed by atoms with Crippen LogP contribution in [0, 0.1) is 12.3 Å². The third-order valence-electron chi connectivity index (χ3n) is 4.71. The number of carbonyl (C=O) groups is 2. The Labute approximate surface area is 124 Å². The van der Waals surface area contributed by atoms with E-state index in [9.17, 15) is 9.59 Å². The van der Waals surface area contributed by atoms with Gasteiger partial charge in [-0.1, -0.05) is 6.42 Å². The molecule has 2 atom stereocenters. The Kier molecular flexibility index (Phi) is 3.66. The number of rotatable bonds is 2. The van der Waals surface area contributed by atoms with Crippen LogP contribution in [0.3, 0.4) is 0 Å². The molecule has 2 N–H and O–H groups in total. The molecule has 1 aromatic heterocycles. The normalized spacial score (nSPS) is 28.4. The fourth-order valence-electron chi connectivity index (χ4n) is 3.59. The first-order valence-electron chi connectivity index (χ1n) is 7.61. The standard InChI is InChI=1S/C16H21N3O2/c1-11-9-12(4-7-17-11)14(20)19-13-3-2-5-16(10-13)6-8-18-15(16)21/h4,7,9,13H,2-3,5-6,8,10H2,1H3,(H,18,21)(H,19,20)/t13-,16-/m0/s1. The fraction of sp³-hybridized carbons (Fsp3) is 0.562. The van der Waals surface area contributed by atoms with Crippen LogP contribution in [-0.2, 0) is 4.79 Å². The summed E-state index contributed by atoms with van der Waals surface area (Å²) in [7, 11) is 0. The summed E-state index contributed by atoms with van der Waals surface area (Å²) in [6.45, 7) is 2.64. The minimum absolute atomic E-state index is 0.0686. The first-order chi connectivity index (χ1) is 10.1. The number of aryl methyl sites for hydroxylation is 1. The van der Waals surface area contributed by atoms with Gasteiger partial charge in [-0.3, -0.25) is 14.6 Å². The Bertz CT molecular complexity index is 572. The lowest BCUT2D eigenvalue weighted by molar-refractivity contribution is -0.129. The predicted molar refractivity (Wildman–Crippen MR) is 78.8 cm³/mol. The van der Waals surface area contributed by atoms with Crippen LogP contribution in [0.2, 0.25) is 0 Å². The lowest BCUT2D eigenvalue weighted by atomic mass is 9.71. The van der Waals surface area contributed by atoms with Crippen molar-refractivity contribution in [3.63, 3.8) is 0 Å². The van der Waals surface area contributed by atoms with E-state index in [2.05, 4.69) is 15.6 Å². The van der Waals surface area contributed by atoms with Crippen molar-refractivity contribution < 1.29 is 9.59 Å². The van der Waals surface area contributed by atoms with Crippen molar-refractivity contribution >= 4 is 11.8 Å². The number of carbonyl (C=O) groups excluding carboxylic acids is 2. The quantitative estimate of drug-likeness (QED) is 0.867. The maximum absolute atomic E-state index is 12.3. The molecule has 1 spiro atoms. The van der Waals surface area contributed by atoms with Gasteiger partial charge in [-0.25, -0.2) is 0 Å². The highest BCUT2D eigenvalue weighted by atomic mass is 16.2. The van der Waals surface area contributed by atoms with E-state index in [-0.39, 0.29) is 23.3 Å². The Balaban J connectivity index is 1.67. The summed E-state index contributed by atoms with van der Waals surface area (Å²) < 4.78 is 0. The molecular formula is C16H21N3O2. The highest BCUT2D eigenvalue weighted by Crippen LogP contribution is 2.41. The van der Waals surface area contributed by atoms with Gasteiger partial charge in [-0.05, 0) is 44.7 Å². The van der Waals surface area contributed by atoms with E-state index in [0.29, 0.717) is 5.56 Å². The zero-order valence-corrected chi connectivity index (χ0v) is 12.3. The molecule has 3 rings (SSSR count). The highest BCUT2D eigenvalue weighted by Gasteiger charge is 2.45. The Morgan fingerprint density at radius 1 is 1.48 bits per heavy atom. The van der Waals surface area contributed by atoms with Crippen molar-refractivity contribution in [3.05, 3.63) is 29.6 Å². The molecule has 2 amide bonds. The average Bonchev–Trinajstić information content (AvgIpc) is 2.80. The van der Waals surface area contributed by atoms with Crippen LogP contribution in [0.4, 0.5) is 0 Å². The topological polar surface area (TPSA) is 71.1 Å². The minimum atomic E-state index is -0.246. The summed E-state index contributed by atoms with van der Waals surface area (Å²) in [5.74, 6) is 0.0992. The molecule has 5 heteroatoms. The minimum Gasteiger partial charge on any atom is -0.356 e. The maximum atomic E-state index is 12.3. The molecule has 1 saturated heterocycles. The Morgan fingerprint density at radius 3 is 3.05 bits per heavy atom. The van der Waals surface area contributed by atoms with E-state index in [1.54, 1.807) is 18.3 Å². The molecular weight excluding hydrogens is 266 g/mol. The molecule has 0 radical (unpaired) electrons. The van der Waals surface area contributed by atoms with Gasteiger partial charge in [0.05, 0.1) is 5.41 Å². The molecule has 2 heterocycles. The summed E-state index contributed by atoms with van der Waals surface area (Å²) in [4.78, 5) is 28.5. The number of amides is 2. The van der Waals surface area contributed by atoms with Gasteiger partial charge in [-0.15, -0.1) is 0 Å². The second-order valence-corrected chi connectivity index (χ2v) is 6.24. The van der Waals surface area contributed by atoms with Gasteiger partial charge in [0.25, 0.3) is 5.91 Å². The second-order valence-electron chi connectivity index (χ2n) is 6.24. The summed E-state index contributed by atoms with van der Waals surface area (Å²) in [6.07, 6.45) is 6.19. The molecule has 1 aromatic rings. The summed E-state index contributed by atoms with van der Waals surface area (Å²) >= 11 is 0. The van der Waals surface area contributed by atoms with E-state index in [4.69, 9.17) is 0 Å². The van der Waals surface area contributed by atoms with Gasteiger partial charge in [0.1, 0.15) is 0 Å². The largest absolute Gasteiger partial charge is 0.356 e. The predicted octanol–water partition coefficient (Wildman–Crippen LogP) is 1.57. The molecule has 21 heavy (non-hydrogen) atoms. The van der Waals surface area contributed by atoms with Gasteiger partial charge in [0.2, 0.25) is 5.91 Å². The molecule has 1 saturated carbocycles. The second kappa shape index (κ2) is 5.47. The van der Waals surface area contributed by atoms with Crippen molar-refractivity contribution in [1.29, 1.82) is 0 Å². The molecule has 2 aliphatic rings. The van der Waals surface area contributed by atoms with E-state index in [1.165, 1.54) is 0 Å². The van der Waals surface area contributed by atoms with Gasteiger partial charge in [0.15, 0.2) is 0 Å². The summed E-state index contributed by atoms with van der Waals surface area (Å²) in [5.41, 5.74) is 1.22. The van der Waals surface area contributed by atoms with Crippen LogP contribution in [0.5, 0.6) is 0 Å². The van der Waals surface area contributed by atoms with E-state index in [1.807, 2.05) is 6.92 Å². The Hall–Kier alpha value is -1.91. The van der Waals surface area contributed by atoms with E-state index in [0.717, 1.165) is 44.3 Å². The smallest absolute Gasteiger partial charge is 0.251 e. The molecule has 0 bridgehead atoms. The van der Waals surface area contributed by atoms with Crippen molar-refractivity contribution in [1.82, 2.24) is 15.6 Å². The van der Waals surface area contributed by atoms with E-state index < -0.39 is 0 Å². The van der Waals surface area contributed by atoms with Crippen molar-refractivity contribution in [2.45, 2.75) is 45.1 Å². The van der Waals surface area contributed by atoms with Crippen LogP contribution in [0.15, 0.2) is 18.3 Å². The molecule has 0 aromatic carbocycles. The lowest BCUT2D eigenvalue weighted by Crippen LogP contribution is -2.45. The molecule has 112 valence electrons. The van der Waals surface area contributed by atoms with Crippen molar-refractivity contribution in [3.8, 4) is 0 Å². The number of hydrogen-bond acceptors (Lipinski definition) is 3.